The highest BCUT2D eigenvalue weighted by Gasteiger charge is 2.21. The zero-order chi connectivity index (χ0) is 15.7. The molecule has 1 saturated heterocycles. The second kappa shape index (κ2) is 6.24. The average molecular weight is 303 g/mol. The minimum absolute atomic E-state index is 0.0754. The maximum Gasteiger partial charge on any atom is 0.276 e. The van der Waals surface area contributed by atoms with Crippen molar-refractivity contribution in [2.24, 2.45) is 5.92 Å². The van der Waals surface area contributed by atoms with Gasteiger partial charge in [-0.25, -0.2) is 4.98 Å². The number of fused-ring (bicyclic) bond motifs is 1. The Morgan fingerprint density at radius 1 is 1.36 bits per heavy atom. The molecule has 0 bridgehead atoms. The fraction of sp³-hybridized carbons (Fsp3) is 0.647. The quantitative estimate of drug-likeness (QED) is 0.872. The number of imidazole rings is 1. The van der Waals surface area contributed by atoms with Gasteiger partial charge in [0.15, 0.2) is 0 Å². The summed E-state index contributed by atoms with van der Waals surface area (Å²) in [5.41, 5.74) is 1.77. The molecule has 0 spiro atoms. The van der Waals surface area contributed by atoms with Crippen LogP contribution < -0.4 is 5.56 Å². The lowest BCUT2D eigenvalue weighted by molar-refractivity contribution is 0.0835. The second-order valence-electron chi connectivity index (χ2n) is 6.67. The molecule has 0 N–H and O–H groups in total. The molecule has 2 aromatic heterocycles. The predicted molar refractivity (Wildman–Crippen MR) is 86.4 cm³/mol. The Hall–Kier alpha value is -1.62. The van der Waals surface area contributed by atoms with Crippen molar-refractivity contribution < 1.29 is 4.74 Å². The minimum atomic E-state index is 0.0754. The third-order valence-corrected chi connectivity index (χ3v) is 4.55. The third-order valence-electron chi connectivity index (χ3n) is 4.55. The van der Waals surface area contributed by atoms with E-state index in [1.54, 1.807) is 6.20 Å². The lowest BCUT2D eigenvalue weighted by Crippen LogP contribution is -2.25. The summed E-state index contributed by atoms with van der Waals surface area (Å²) < 4.78 is 9.31. The average Bonchev–Trinajstić information content (AvgIpc) is 2.91. The van der Waals surface area contributed by atoms with Gasteiger partial charge in [0.25, 0.3) is 5.56 Å². The highest BCUT2D eigenvalue weighted by Crippen LogP contribution is 2.26. The van der Waals surface area contributed by atoms with E-state index in [4.69, 9.17) is 4.74 Å². The van der Waals surface area contributed by atoms with E-state index >= 15 is 0 Å². The maximum absolute atomic E-state index is 12.7. The normalized spacial score (nSPS) is 16.7. The van der Waals surface area contributed by atoms with E-state index in [1.807, 2.05) is 15.9 Å². The first kappa shape index (κ1) is 15.3. The van der Waals surface area contributed by atoms with Crippen molar-refractivity contribution in [2.45, 2.75) is 52.5 Å². The highest BCUT2D eigenvalue weighted by molar-refractivity contribution is 5.45. The molecule has 1 fully saturated rings. The van der Waals surface area contributed by atoms with Gasteiger partial charge < -0.3 is 9.30 Å². The van der Waals surface area contributed by atoms with Crippen LogP contribution in [0.5, 0.6) is 0 Å². The Morgan fingerprint density at radius 2 is 2.09 bits per heavy atom. The van der Waals surface area contributed by atoms with Crippen LogP contribution in [0.2, 0.25) is 0 Å². The van der Waals surface area contributed by atoms with E-state index in [-0.39, 0.29) is 5.56 Å². The maximum atomic E-state index is 12.7. The standard InChI is InChI=1S/C17H25N3O2/c1-12(2)4-7-19-13(3)11-20-15(17(19)21)10-18-16(20)14-5-8-22-9-6-14/h10-12,14H,4-9H2,1-3H3. The Balaban J connectivity index is 2.00. The molecule has 5 nitrogen and oxygen atoms in total. The highest BCUT2D eigenvalue weighted by atomic mass is 16.5. The number of hydrogen-bond donors (Lipinski definition) is 0. The molecule has 120 valence electrons. The van der Waals surface area contributed by atoms with Crippen molar-refractivity contribution >= 4 is 5.52 Å². The first-order valence-electron chi connectivity index (χ1n) is 8.23. The molecule has 0 unspecified atom stereocenters. The van der Waals surface area contributed by atoms with Gasteiger partial charge in [0, 0.05) is 37.6 Å². The largest absolute Gasteiger partial charge is 0.381 e. The van der Waals surface area contributed by atoms with E-state index in [2.05, 4.69) is 25.0 Å². The summed E-state index contributed by atoms with van der Waals surface area (Å²) >= 11 is 0. The fourth-order valence-corrected chi connectivity index (χ4v) is 3.15. The van der Waals surface area contributed by atoms with E-state index in [0.29, 0.717) is 17.4 Å². The van der Waals surface area contributed by atoms with Crippen LogP contribution in [0.4, 0.5) is 0 Å². The summed E-state index contributed by atoms with van der Waals surface area (Å²) in [6.45, 7) is 8.71. The third kappa shape index (κ3) is 2.82. The molecule has 0 radical (unpaired) electrons. The lowest BCUT2D eigenvalue weighted by atomic mass is 10.00. The van der Waals surface area contributed by atoms with Gasteiger partial charge in [0.2, 0.25) is 0 Å². The number of aromatic nitrogens is 3. The summed E-state index contributed by atoms with van der Waals surface area (Å²) in [6, 6.07) is 0. The van der Waals surface area contributed by atoms with Gasteiger partial charge in [0.1, 0.15) is 11.3 Å². The van der Waals surface area contributed by atoms with Gasteiger partial charge in [-0.15, -0.1) is 0 Å². The first-order chi connectivity index (χ1) is 10.6. The molecule has 2 aromatic rings. The molecule has 0 amide bonds. The van der Waals surface area contributed by atoms with Crippen LogP contribution in [-0.2, 0) is 11.3 Å². The molecule has 5 heteroatoms. The SMILES string of the molecule is Cc1cn2c(C3CCOCC3)ncc2c(=O)n1CCC(C)C. The molecule has 3 heterocycles. The zero-order valence-electron chi connectivity index (χ0n) is 13.7. The van der Waals surface area contributed by atoms with Crippen molar-refractivity contribution in [3.8, 4) is 0 Å². The molecule has 1 aliphatic heterocycles. The lowest BCUT2D eigenvalue weighted by Gasteiger charge is -2.21. The van der Waals surface area contributed by atoms with Crippen LogP contribution in [-0.4, -0.2) is 27.2 Å². The summed E-state index contributed by atoms with van der Waals surface area (Å²) in [6.07, 6.45) is 6.77. The van der Waals surface area contributed by atoms with E-state index < -0.39 is 0 Å². The number of nitrogens with zero attached hydrogens (tertiary/aromatic N) is 3. The van der Waals surface area contributed by atoms with Gasteiger partial charge in [-0.05, 0) is 32.1 Å². The van der Waals surface area contributed by atoms with E-state index in [9.17, 15) is 4.79 Å². The molecule has 0 aliphatic carbocycles. The number of hydrogen-bond acceptors (Lipinski definition) is 3. The van der Waals surface area contributed by atoms with Gasteiger partial charge in [-0.3, -0.25) is 9.20 Å². The molecule has 3 rings (SSSR count). The number of aryl methyl sites for hydroxylation is 1. The van der Waals surface area contributed by atoms with Crippen LogP contribution in [0, 0.1) is 12.8 Å². The molecule has 0 saturated carbocycles. The summed E-state index contributed by atoms with van der Waals surface area (Å²) in [7, 11) is 0. The second-order valence-corrected chi connectivity index (χ2v) is 6.67. The first-order valence-corrected chi connectivity index (χ1v) is 8.23. The van der Waals surface area contributed by atoms with Crippen LogP contribution in [0.1, 0.15) is 50.5 Å². The molecule has 22 heavy (non-hydrogen) atoms. The fourth-order valence-electron chi connectivity index (χ4n) is 3.15. The van der Waals surface area contributed by atoms with Crippen LogP contribution in [0.3, 0.4) is 0 Å². The Morgan fingerprint density at radius 3 is 2.77 bits per heavy atom. The molecule has 0 aromatic carbocycles. The van der Waals surface area contributed by atoms with Crippen molar-refractivity contribution in [3.63, 3.8) is 0 Å². The Kier molecular flexibility index (Phi) is 4.34. The van der Waals surface area contributed by atoms with Crippen molar-refractivity contribution in [1.29, 1.82) is 0 Å². The van der Waals surface area contributed by atoms with E-state index in [1.165, 1.54) is 0 Å². The molecular formula is C17H25N3O2. The van der Waals surface area contributed by atoms with Crippen molar-refractivity contribution in [2.75, 3.05) is 13.2 Å². The smallest absolute Gasteiger partial charge is 0.276 e. The van der Waals surface area contributed by atoms with Crippen molar-refractivity contribution in [1.82, 2.24) is 14.0 Å². The predicted octanol–water partition coefficient (Wildman–Crippen LogP) is 2.74. The number of ether oxygens (including phenoxy) is 1. The minimum Gasteiger partial charge on any atom is -0.381 e. The topological polar surface area (TPSA) is 48.5 Å². The zero-order valence-corrected chi connectivity index (χ0v) is 13.7. The van der Waals surface area contributed by atoms with Crippen LogP contribution in [0.25, 0.3) is 5.52 Å². The van der Waals surface area contributed by atoms with Crippen LogP contribution in [0.15, 0.2) is 17.2 Å². The Labute approximate surface area is 130 Å². The van der Waals surface area contributed by atoms with E-state index in [0.717, 1.165) is 50.5 Å². The molecule has 1 aliphatic rings. The molecular weight excluding hydrogens is 278 g/mol. The van der Waals surface area contributed by atoms with Gasteiger partial charge in [-0.2, -0.15) is 0 Å². The van der Waals surface area contributed by atoms with Gasteiger partial charge in [0.05, 0.1) is 6.20 Å². The Bertz CT molecular complexity index is 708. The van der Waals surface area contributed by atoms with Crippen molar-refractivity contribution in [3.05, 3.63) is 34.3 Å². The van der Waals surface area contributed by atoms with Crippen LogP contribution >= 0.6 is 0 Å². The van der Waals surface area contributed by atoms with Gasteiger partial charge >= 0.3 is 0 Å². The number of rotatable bonds is 4. The summed E-state index contributed by atoms with van der Waals surface area (Å²) in [4.78, 5) is 17.3. The monoisotopic (exact) mass is 303 g/mol. The summed E-state index contributed by atoms with van der Waals surface area (Å²) in [5.74, 6) is 1.99. The summed E-state index contributed by atoms with van der Waals surface area (Å²) in [5, 5.41) is 0. The molecule has 0 atom stereocenters. The van der Waals surface area contributed by atoms with Gasteiger partial charge in [-0.1, -0.05) is 13.8 Å².